The second-order valence-corrected chi connectivity index (χ2v) is 3.61. The lowest BCUT2D eigenvalue weighted by molar-refractivity contribution is -0.128. The maximum Gasteiger partial charge on any atom is 0.248 e. The van der Waals surface area contributed by atoms with E-state index in [4.69, 9.17) is 5.11 Å². The van der Waals surface area contributed by atoms with E-state index in [1.54, 1.807) is 0 Å². The number of hydrogen-bond acceptors (Lipinski definition) is 3. The fourth-order valence-corrected chi connectivity index (χ4v) is 1.48. The van der Waals surface area contributed by atoms with Gasteiger partial charge in [0.1, 0.15) is 6.10 Å². The number of nitrogens with one attached hydrogen (secondary N) is 2. The highest BCUT2D eigenvalue weighted by Crippen LogP contribution is 2.09. The molecular formula is C9H18N2O2. The number of aliphatic hydroxyl groups is 1. The van der Waals surface area contributed by atoms with Crippen molar-refractivity contribution in [1.29, 1.82) is 0 Å². The molecule has 76 valence electrons. The van der Waals surface area contributed by atoms with Crippen molar-refractivity contribution in [2.75, 3.05) is 19.6 Å². The molecule has 13 heavy (non-hydrogen) atoms. The van der Waals surface area contributed by atoms with Crippen molar-refractivity contribution in [2.45, 2.75) is 25.9 Å². The second kappa shape index (κ2) is 5.19. The Hall–Kier alpha value is -0.610. The topological polar surface area (TPSA) is 61.4 Å². The van der Waals surface area contributed by atoms with Crippen LogP contribution >= 0.6 is 0 Å². The van der Waals surface area contributed by atoms with Gasteiger partial charge in [-0.1, -0.05) is 0 Å². The van der Waals surface area contributed by atoms with Gasteiger partial charge >= 0.3 is 0 Å². The Bertz CT molecular complexity index is 165. The molecule has 0 aromatic rings. The van der Waals surface area contributed by atoms with Gasteiger partial charge in [-0.05, 0) is 38.8 Å². The van der Waals surface area contributed by atoms with Crippen molar-refractivity contribution < 1.29 is 9.90 Å². The van der Waals surface area contributed by atoms with Crippen molar-refractivity contribution in [2.24, 2.45) is 5.92 Å². The van der Waals surface area contributed by atoms with Crippen molar-refractivity contribution in [3.05, 3.63) is 0 Å². The summed E-state index contributed by atoms with van der Waals surface area (Å²) in [4.78, 5) is 11.0. The standard InChI is InChI=1S/C9H18N2O2/c1-7(12)9(13)11-6-8-2-4-10-5-3-8/h7-8,10,12H,2-6H2,1H3,(H,11,13)/t7-/m0/s1. The molecule has 4 nitrogen and oxygen atoms in total. The first kappa shape index (κ1) is 10.5. The van der Waals surface area contributed by atoms with Crippen molar-refractivity contribution in [3.63, 3.8) is 0 Å². The summed E-state index contributed by atoms with van der Waals surface area (Å²) in [5, 5.41) is 14.9. The Morgan fingerprint density at radius 3 is 2.77 bits per heavy atom. The first-order valence-electron chi connectivity index (χ1n) is 4.86. The SMILES string of the molecule is C[C@H](O)C(=O)NCC1CCNCC1. The van der Waals surface area contributed by atoms with Crippen LogP contribution in [0.15, 0.2) is 0 Å². The normalized spacial score (nSPS) is 21.1. The van der Waals surface area contributed by atoms with Gasteiger partial charge in [0.05, 0.1) is 0 Å². The van der Waals surface area contributed by atoms with E-state index in [1.807, 2.05) is 0 Å². The number of rotatable bonds is 3. The number of piperidine rings is 1. The predicted octanol–water partition coefficient (Wildman–Crippen LogP) is -0.517. The third-order valence-corrected chi connectivity index (χ3v) is 2.40. The lowest BCUT2D eigenvalue weighted by atomic mass is 9.98. The third kappa shape index (κ3) is 3.74. The summed E-state index contributed by atoms with van der Waals surface area (Å²) in [5.41, 5.74) is 0. The fraction of sp³-hybridized carbons (Fsp3) is 0.889. The molecule has 1 rings (SSSR count). The molecule has 0 aromatic carbocycles. The van der Waals surface area contributed by atoms with Crippen molar-refractivity contribution in [1.82, 2.24) is 10.6 Å². The van der Waals surface area contributed by atoms with Crippen LogP contribution in [0.2, 0.25) is 0 Å². The average molecular weight is 186 g/mol. The van der Waals surface area contributed by atoms with E-state index in [0.717, 1.165) is 25.9 Å². The first-order chi connectivity index (χ1) is 6.20. The summed E-state index contributed by atoms with van der Waals surface area (Å²) >= 11 is 0. The van der Waals surface area contributed by atoms with Crippen LogP contribution in [-0.2, 0) is 4.79 Å². The minimum atomic E-state index is -0.887. The number of aliphatic hydroxyl groups excluding tert-OH is 1. The Morgan fingerprint density at radius 1 is 1.62 bits per heavy atom. The van der Waals surface area contributed by atoms with Crippen LogP contribution in [-0.4, -0.2) is 36.8 Å². The fourth-order valence-electron chi connectivity index (χ4n) is 1.48. The molecular weight excluding hydrogens is 168 g/mol. The predicted molar refractivity (Wildman–Crippen MR) is 50.3 cm³/mol. The molecule has 0 bridgehead atoms. The van der Waals surface area contributed by atoms with Gasteiger partial charge in [0, 0.05) is 6.54 Å². The molecule has 0 spiro atoms. The van der Waals surface area contributed by atoms with Gasteiger partial charge in [-0.3, -0.25) is 4.79 Å². The number of carbonyl (C=O) groups excluding carboxylic acids is 1. The highest BCUT2D eigenvalue weighted by atomic mass is 16.3. The summed E-state index contributed by atoms with van der Waals surface area (Å²) in [6.07, 6.45) is 1.34. The molecule has 0 radical (unpaired) electrons. The highest BCUT2D eigenvalue weighted by Gasteiger charge is 2.15. The maximum absolute atomic E-state index is 11.0. The van der Waals surface area contributed by atoms with Gasteiger partial charge in [-0.25, -0.2) is 0 Å². The second-order valence-electron chi connectivity index (χ2n) is 3.61. The van der Waals surface area contributed by atoms with Gasteiger partial charge in [0.15, 0.2) is 0 Å². The molecule has 4 heteroatoms. The largest absolute Gasteiger partial charge is 0.384 e. The third-order valence-electron chi connectivity index (χ3n) is 2.40. The number of carbonyl (C=O) groups is 1. The zero-order valence-corrected chi connectivity index (χ0v) is 8.05. The van der Waals surface area contributed by atoms with Gasteiger partial charge in [-0.15, -0.1) is 0 Å². The van der Waals surface area contributed by atoms with Crippen molar-refractivity contribution >= 4 is 5.91 Å². The van der Waals surface area contributed by atoms with Crippen LogP contribution in [0, 0.1) is 5.92 Å². The van der Waals surface area contributed by atoms with Gasteiger partial charge in [0.25, 0.3) is 0 Å². The number of hydrogen-bond donors (Lipinski definition) is 3. The highest BCUT2D eigenvalue weighted by molar-refractivity contribution is 5.79. The molecule has 1 heterocycles. The summed E-state index contributed by atoms with van der Waals surface area (Å²) in [7, 11) is 0. The van der Waals surface area contributed by atoms with E-state index < -0.39 is 6.10 Å². The van der Waals surface area contributed by atoms with Crippen LogP contribution in [0.3, 0.4) is 0 Å². The van der Waals surface area contributed by atoms with Crippen LogP contribution in [0.4, 0.5) is 0 Å². The Labute approximate surface area is 78.7 Å². The van der Waals surface area contributed by atoms with E-state index in [0.29, 0.717) is 12.5 Å². The van der Waals surface area contributed by atoms with Crippen LogP contribution < -0.4 is 10.6 Å². The minimum absolute atomic E-state index is 0.265. The van der Waals surface area contributed by atoms with E-state index >= 15 is 0 Å². The van der Waals surface area contributed by atoms with Crippen LogP contribution in [0.25, 0.3) is 0 Å². The molecule has 0 saturated carbocycles. The molecule has 1 aliphatic rings. The molecule has 1 saturated heterocycles. The summed E-state index contributed by atoms with van der Waals surface area (Å²) in [6, 6.07) is 0. The summed E-state index contributed by atoms with van der Waals surface area (Å²) < 4.78 is 0. The first-order valence-corrected chi connectivity index (χ1v) is 4.86. The average Bonchev–Trinajstić information content (AvgIpc) is 2.15. The molecule has 1 amide bonds. The lowest BCUT2D eigenvalue weighted by Crippen LogP contribution is -2.39. The molecule has 0 unspecified atom stereocenters. The Balaban J connectivity index is 2.13. The quantitative estimate of drug-likeness (QED) is 0.556. The van der Waals surface area contributed by atoms with Gasteiger partial charge in [-0.2, -0.15) is 0 Å². The Kier molecular flexibility index (Phi) is 4.18. The minimum Gasteiger partial charge on any atom is -0.384 e. The monoisotopic (exact) mass is 186 g/mol. The van der Waals surface area contributed by atoms with Crippen molar-refractivity contribution in [3.8, 4) is 0 Å². The Morgan fingerprint density at radius 2 is 2.23 bits per heavy atom. The maximum atomic E-state index is 11.0. The molecule has 0 aliphatic carbocycles. The molecule has 1 fully saturated rings. The number of amides is 1. The van der Waals surface area contributed by atoms with Crippen LogP contribution in [0.5, 0.6) is 0 Å². The smallest absolute Gasteiger partial charge is 0.248 e. The zero-order valence-electron chi connectivity index (χ0n) is 8.05. The van der Waals surface area contributed by atoms with Crippen LogP contribution in [0.1, 0.15) is 19.8 Å². The molecule has 3 N–H and O–H groups in total. The van der Waals surface area contributed by atoms with E-state index in [-0.39, 0.29) is 5.91 Å². The molecule has 0 aromatic heterocycles. The zero-order chi connectivity index (χ0) is 9.68. The lowest BCUT2D eigenvalue weighted by Gasteiger charge is -2.22. The van der Waals surface area contributed by atoms with Gasteiger partial charge in [0.2, 0.25) is 5.91 Å². The van der Waals surface area contributed by atoms with Gasteiger partial charge < -0.3 is 15.7 Å². The summed E-state index contributed by atoms with van der Waals surface area (Å²) in [5.74, 6) is 0.308. The van der Waals surface area contributed by atoms with E-state index in [9.17, 15) is 4.79 Å². The van der Waals surface area contributed by atoms with E-state index in [2.05, 4.69) is 10.6 Å². The molecule has 1 aliphatic heterocycles. The summed E-state index contributed by atoms with van der Waals surface area (Å²) in [6.45, 7) is 4.26. The molecule has 1 atom stereocenters. The van der Waals surface area contributed by atoms with E-state index in [1.165, 1.54) is 6.92 Å².